The van der Waals surface area contributed by atoms with Crippen LogP contribution in [0.25, 0.3) is 22.2 Å². The minimum Gasteiger partial charge on any atom is -0.465 e. The van der Waals surface area contributed by atoms with Crippen LogP contribution in [-0.4, -0.2) is 63.6 Å². The lowest BCUT2D eigenvalue weighted by Gasteiger charge is -2.47. The zero-order valence-corrected chi connectivity index (χ0v) is 24.1. The first kappa shape index (κ1) is 27.6. The number of pyridine rings is 2. The molecule has 8 nitrogen and oxygen atoms in total. The van der Waals surface area contributed by atoms with Crippen LogP contribution in [0.15, 0.2) is 42.6 Å². The highest BCUT2D eigenvalue weighted by Crippen LogP contribution is 2.33. The number of esters is 1. The first-order chi connectivity index (χ1) is 18.9. The van der Waals surface area contributed by atoms with Crippen LogP contribution in [-0.2, 0) is 11.8 Å². The number of carbonyl (C=O) groups excluding carboxylic acids is 2. The molecule has 4 aromatic rings. The number of piperazine rings is 1. The van der Waals surface area contributed by atoms with E-state index >= 15 is 0 Å². The summed E-state index contributed by atoms with van der Waals surface area (Å²) < 4.78 is 20.9. The van der Waals surface area contributed by atoms with Crippen molar-refractivity contribution >= 4 is 40.3 Å². The molecule has 0 aliphatic carbocycles. The minimum absolute atomic E-state index is 0.0666. The molecule has 0 atom stereocenters. The lowest BCUT2D eigenvalue weighted by atomic mass is 9.97. The third-order valence-electron chi connectivity index (χ3n) is 7.52. The molecule has 1 aliphatic heterocycles. The number of benzene rings is 1. The Hall–Kier alpha value is -3.98. The predicted molar refractivity (Wildman–Crippen MR) is 153 cm³/mol. The number of hydrogen-bond donors (Lipinski definition) is 0. The molecule has 3 aromatic heterocycles. The van der Waals surface area contributed by atoms with Gasteiger partial charge in [-0.15, -0.1) is 0 Å². The summed E-state index contributed by atoms with van der Waals surface area (Å²) in [6.45, 7) is 9.33. The van der Waals surface area contributed by atoms with Crippen molar-refractivity contribution in [2.75, 3.05) is 31.6 Å². The molecule has 0 radical (unpaired) electrons. The lowest BCUT2D eigenvalue weighted by Crippen LogP contribution is -2.61. The molecule has 208 valence electrons. The van der Waals surface area contributed by atoms with E-state index < -0.39 is 17.3 Å². The van der Waals surface area contributed by atoms with Crippen molar-refractivity contribution < 1.29 is 18.7 Å². The van der Waals surface area contributed by atoms with Gasteiger partial charge in [0.05, 0.1) is 28.9 Å². The van der Waals surface area contributed by atoms with Crippen molar-refractivity contribution in [3.05, 3.63) is 75.9 Å². The molecule has 4 heterocycles. The van der Waals surface area contributed by atoms with Crippen LogP contribution in [0.2, 0.25) is 5.02 Å². The number of ether oxygens (including phenoxy) is 1. The molecule has 1 amide bonds. The Labute approximate surface area is 237 Å². The van der Waals surface area contributed by atoms with Crippen LogP contribution in [0.4, 0.5) is 10.2 Å². The summed E-state index contributed by atoms with van der Waals surface area (Å²) >= 11 is 5.87. The van der Waals surface area contributed by atoms with Gasteiger partial charge in [0.15, 0.2) is 0 Å². The SMILES string of the molecule is COC(=O)c1c(C)cc(N2CCN(C(=O)c3ccc4c(-c5ccc(Cl)c(F)c5)cn(C)c4n3)C(C)(C)C2)nc1C. The van der Waals surface area contributed by atoms with Gasteiger partial charge in [-0.25, -0.2) is 19.2 Å². The lowest BCUT2D eigenvalue weighted by molar-refractivity contribution is 0.0506. The number of fused-ring (bicyclic) bond motifs is 1. The van der Waals surface area contributed by atoms with Crippen LogP contribution in [0.3, 0.4) is 0 Å². The van der Waals surface area contributed by atoms with Crippen LogP contribution in [0.5, 0.6) is 0 Å². The Kier molecular flexibility index (Phi) is 7.04. The normalized spacial score (nSPS) is 15.0. The standard InChI is InChI=1S/C30H31ClFN5O3/c1-17-13-25(33-18(2)26(17)29(39)40-6)36-11-12-37(30(3,4)16-36)28(38)24-10-8-20-21(15-35(5)27(20)34-24)19-7-9-22(31)23(32)14-19/h7-10,13-15H,11-12,16H2,1-6H3. The molecular formula is C30H31ClFN5O3. The molecule has 0 bridgehead atoms. The van der Waals surface area contributed by atoms with Gasteiger partial charge < -0.3 is 19.1 Å². The number of aromatic nitrogens is 3. The summed E-state index contributed by atoms with van der Waals surface area (Å²) in [5.41, 5.74) is 3.84. The highest BCUT2D eigenvalue weighted by molar-refractivity contribution is 6.30. The molecular weight excluding hydrogens is 533 g/mol. The first-order valence-electron chi connectivity index (χ1n) is 13.0. The van der Waals surface area contributed by atoms with Crippen molar-refractivity contribution in [3.8, 4) is 11.1 Å². The van der Waals surface area contributed by atoms with Crippen LogP contribution in [0.1, 0.15) is 46.0 Å². The van der Waals surface area contributed by atoms with Crippen molar-refractivity contribution in [1.29, 1.82) is 0 Å². The predicted octanol–water partition coefficient (Wildman–Crippen LogP) is 5.57. The van der Waals surface area contributed by atoms with Crippen molar-refractivity contribution in [1.82, 2.24) is 19.4 Å². The van der Waals surface area contributed by atoms with Gasteiger partial charge in [0.25, 0.3) is 5.91 Å². The van der Waals surface area contributed by atoms with Crippen molar-refractivity contribution in [2.45, 2.75) is 33.2 Å². The van der Waals surface area contributed by atoms with Gasteiger partial charge in [-0.1, -0.05) is 17.7 Å². The van der Waals surface area contributed by atoms with E-state index in [1.54, 1.807) is 19.1 Å². The average Bonchev–Trinajstić information content (AvgIpc) is 3.24. The quantitative estimate of drug-likeness (QED) is 0.302. The van der Waals surface area contributed by atoms with E-state index in [0.29, 0.717) is 47.8 Å². The van der Waals surface area contributed by atoms with E-state index in [2.05, 4.69) is 9.88 Å². The molecule has 0 unspecified atom stereocenters. The fourth-order valence-corrected chi connectivity index (χ4v) is 5.63. The topological polar surface area (TPSA) is 80.6 Å². The Morgan fingerprint density at radius 2 is 1.82 bits per heavy atom. The van der Waals surface area contributed by atoms with E-state index in [0.717, 1.165) is 22.3 Å². The van der Waals surface area contributed by atoms with Gasteiger partial charge in [0, 0.05) is 43.8 Å². The van der Waals surface area contributed by atoms with Crippen LogP contribution >= 0.6 is 11.6 Å². The van der Waals surface area contributed by atoms with Crippen LogP contribution < -0.4 is 4.90 Å². The second-order valence-electron chi connectivity index (χ2n) is 10.8. The monoisotopic (exact) mass is 563 g/mol. The smallest absolute Gasteiger partial charge is 0.339 e. The Balaban J connectivity index is 1.40. The summed E-state index contributed by atoms with van der Waals surface area (Å²) in [5, 5.41) is 0.883. The Morgan fingerprint density at radius 1 is 1.07 bits per heavy atom. The highest BCUT2D eigenvalue weighted by atomic mass is 35.5. The third kappa shape index (κ3) is 4.79. The van der Waals surface area contributed by atoms with E-state index in [1.165, 1.54) is 19.2 Å². The maximum absolute atomic E-state index is 14.1. The van der Waals surface area contributed by atoms with Crippen molar-refractivity contribution in [2.24, 2.45) is 7.05 Å². The molecule has 1 saturated heterocycles. The van der Waals surface area contributed by atoms with E-state index in [-0.39, 0.29) is 10.9 Å². The fraction of sp³-hybridized carbons (Fsp3) is 0.333. The summed E-state index contributed by atoms with van der Waals surface area (Å²) in [6.07, 6.45) is 1.87. The van der Waals surface area contributed by atoms with Crippen LogP contribution in [0, 0.1) is 19.7 Å². The maximum Gasteiger partial charge on any atom is 0.339 e. The molecule has 1 aliphatic rings. The Morgan fingerprint density at radius 3 is 2.48 bits per heavy atom. The maximum atomic E-state index is 14.1. The zero-order chi connectivity index (χ0) is 28.9. The van der Waals surface area contributed by atoms with Gasteiger partial charge >= 0.3 is 5.97 Å². The number of rotatable bonds is 4. The molecule has 0 N–H and O–H groups in total. The summed E-state index contributed by atoms with van der Waals surface area (Å²) in [4.78, 5) is 39.3. The van der Waals surface area contributed by atoms with E-state index in [4.69, 9.17) is 21.3 Å². The van der Waals surface area contributed by atoms with Gasteiger partial charge in [-0.3, -0.25) is 4.79 Å². The number of carbonyl (C=O) groups is 2. The number of nitrogens with zero attached hydrogens (tertiary/aromatic N) is 5. The molecule has 0 saturated carbocycles. The highest BCUT2D eigenvalue weighted by Gasteiger charge is 2.38. The average molecular weight is 564 g/mol. The van der Waals surface area contributed by atoms with Gasteiger partial charge in [0.1, 0.15) is 23.0 Å². The van der Waals surface area contributed by atoms with Gasteiger partial charge in [0.2, 0.25) is 0 Å². The second-order valence-corrected chi connectivity index (χ2v) is 11.2. The molecule has 5 rings (SSSR count). The zero-order valence-electron chi connectivity index (χ0n) is 23.4. The minimum atomic E-state index is -0.517. The summed E-state index contributed by atoms with van der Waals surface area (Å²) in [7, 11) is 3.21. The summed E-state index contributed by atoms with van der Waals surface area (Å²) in [5.74, 6) is -0.289. The van der Waals surface area contributed by atoms with E-state index in [9.17, 15) is 14.0 Å². The molecule has 1 aromatic carbocycles. The van der Waals surface area contributed by atoms with Crippen molar-refractivity contribution in [3.63, 3.8) is 0 Å². The number of anilines is 1. The van der Waals surface area contributed by atoms with Gasteiger partial charge in [-0.2, -0.15) is 0 Å². The Bertz CT molecular complexity index is 1640. The van der Waals surface area contributed by atoms with E-state index in [1.807, 2.05) is 55.6 Å². The largest absolute Gasteiger partial charge is 0.465 e. The number of methoxy groups -OCH3 is 1. The third-order valence-corrected chi connectivity index (χ3v) is 7.82. The van der Waals surface area contributed by atoms with Gasteiger partial charge in [-0.05, 0) is 69.2 Å². The second kappa shape index (κ2) is 10.2. The molecule has 40 heavy (non-hydrogen) atoms. The number of amides is 1. The first-order valence-corrected chi connectivity index (χ1v) is 13.3. The fourth-order valence-electron chi connectivity index (χ4n) is 5.51. The number of halogens is 2. The molecule has 10 heteroatoms. The molecule has 1 fully saturated rings. The number of hydrogen-bond acceptors (Lipinski definition) is 6. The number of aryl methyl sites for hydroxylation is 3. The summed E-state index contributed by atoms with van der Waals surface area (Å²) in [6, 6.07) is 10.2. The molecule has 0 spiro atoms.